The molecule has 0 saturated carbocycles. The maximum absolute atomic E-state index is 11.8. The number of ether oxygens (including phenoxy) is 2. The zero-order valence-electron chi connectivity index (χ0n) is 14.6. The smallest absolute Gasteiger partial charge is 0.412 e. The molecule has 0 saturated heterocycles. The number of hydrogen-bond acceptors (Lipinski definition) is 7. The number of nitrogens with zero attached hydrogens (tertiary/aromatic N) is 5. The molecule has 26 heavy (non-hydrogen) atoms. The largest absolute Gasteiger partial charge is 0.444 e. The van der Waals surface area contributed by atoms with Gasteiger partial charge in [0, 0.05) is 18.0 Å². The first-order valence-corrected chi connectivity index (χ1v) is 7.85. The van der Waals surface area contributed by atoms with Gasteiger partial charge in [0.15, 0.2) is 0 Å². The minimum Gasteiger partial charge on any atom is -0.444 e. The maximum atomic E-state index is 11.8. The Bertz CT molecular complexity index is 872. The van der Waals surface area contributed by atoms with Crippen molar-refractivity contribution in [2.75, 3.05) is 5.32 Å². The standard InChI is InChI=1S/C17H18N6O3/c1-17(2,3)26-16(24)21-12-4-6-13(7-5-12)25-14-8-9-19-15(22-14)23-11-18-10-20-23/h4-11H,1-3H3,(H,21,24). The fraction of sp³-hybridized carbons (Fsp3) is 0.235. The molecule has 2 heterocycles. The zero-order chi connectivity index (χ0) is 18.6. The van der Waals surface area contributed by atoms with E-state index in [0.29, 0.717) is 23.3 Å². The molecule has 0 fully saturated rings. The van der Waals surface area contributed by atoms with Crippen LogP contribution < -0.4 is 10.1 Å². The van der Waals surface area contributed by atoms with Crippen LogP contribution in [0.5, 0.6) is 11.6 Å². The van der Waals surface area contributed by atoms with Crippen LogP contribution in [0.1, 0.15) is 20.8 Å². The molecule has 0 spiro atoms. The number of anilines is 1. The summed E-state index contributed by atoms with van der Waals surface area (Å²) in [6.07, 6.45) is 3.95. The molecule has 9 heteroatoms. The summed E-state index contributed by atoms with van der Waals surface area (Å²) in [6.45, 7) is 5.41. The normalized spacial score (nSPS) is 11.0. The molecule has 0 aliphatic carbocycles. The quantitative estimate of drug-likeness (QED) is 0.767. The Kier molecular flexibility index (Phi) is 4.78. The van der Waals surface area contributed by atoms with Gasteiger partial charge in [-0.05, 0) is 45.0 Å². The zero-order valence-corrected chi connectivity index (χ0v) is 14.6. The summed E-state index contributed by atoms with van der Waals surface area (Å²) in [7, 11) is 0. The van der Waals surface area contributed by atoms with Gasteiger partial charge in [0.1, 0.15) is 24.0 Å². The lowest BCUT2D eigenvalue weighted by molar-refractivity contribution is 0.0636. The molecule has 9 nitrogen and oxygen atoms in total. The Hall–Kier alpha value is -3.49. The summed E-state index contributed by atoms with van der Waals surface area (Å²) in [5, 5.41) is 6.63. The molecule has 0 aliphatic rings. The van der Waals surface area contributed by atoms with Crippen molar-refractivity contribution in [3.63, 3.8) is 0 Å². The van der Waals surface area contributed by atoms with E-state index in [4.69, 9.17) is 9.47 Å². The molecule has 0 atom stereocenters. The lowest BCUT2D eigenvalue weighted by Crippen LogP contribution is -2.27. The fourth-order valence-corrected chi connectivity index (χ4v) is 1.96. The number of carbonyl (C=O) groups excluding carboxylic acids is 1. The SMILES string of the molecule is CC(C)(C)OC(=O)Nc1ccc(Oc2ccnc(-n3cncn3)n2)cc1. The minimum atomic E-state index is -0.554. The maximum Gasteiger partial charge on any atom is 0.412 e. The van der Waals surface area contributed by atoms with E-state index >= 15 is 0 Å². The number of aromatic nitrogens is 5. The van der Waals surface area contributed by atoms with Crippen molar-refractivity contribution < 1.29 is 14.3 Å². The predicted molar refractivity (Wildman–Crippen MR) is 93.3 cm³/mol. The second-order valence-corrected chi connectivity index (χ2v) is 6.29. The van der Waals surface area contributed by atoms with E-state index in [9.17, 15) is 4.79 Å². The highest BCUT2D eigenvalue weighted by molar-refractivity contribution is 5.84. The predicted octanol–water partition coefficient (Wildman–Crippen LogP) is 3.20. The molecule has 0 bridgehead atoms. The van der Waals surface area contributed by atoms with Gasteiger partial charge < -0.3 is 9.47 Å². The summed E-state index contributed by atoms with van der Waals surface area (Å²) in [5.41, 5.74) is 0.0414. The van der Waals surface area contributed by atoms with Crippen molar-refractivity contribution in [3.8, 4) is 17.6 Å². The van der Waals surface area contributed by atoms with Crippen LogP contribution in [0.25, 0.3) is 5.95 Å². The molecule has 1 amide bonds. The molecule has 134 valence electrons. The average molecular weight is 354 g/mol. The first kappa shape index (κ1) is 17.3. The van der Waals surface area contributed by atoms with Crippen LogP contribution in [-0.2, 0) is 4.74 Å². The first-order chi connectivity index (χ1) is 12.4. The third-order valence-electron chi connectivity index (χ3n) is 2.96. The number of amides is 1. The Labute approximate surface area is 150 Å². The highest BCUT2D eigenvalue weighted by Gasteiger charge is 2.16. The molecule has 0 aliphatic heterocycles. The molecule has 1 N–H and O–H groups in total. The Morgan fingerprint density at radius 1 is 1.15 bits per heavy atom. The van der Waals surface area contributed by atoms with Crippen LogP contribution in [0.2, 0.25) is 0 Å². The van der Waals surface area contributed by atoms with E-state index in [2.05, 4.69) is 25.4 Å². The Balaban J connectivity index is 1.65. The average Bonchev–Trinajstić information content (AvgIpc) is 3.10. The summed E-state index contributed by atoms with van der Waals surface area (Å²) in [5.74, 6) is 1.27. The number of nitrogens with one attached hydrogen (secondary N) is 1. The van der Waals surface area contributed by atoms with Gasteiger partial charge in [0.2, 0.25) is 5.88 Å². The van der Waals surface area contributed by atoms with Crippen molar-refractivity contribution in [1.82, 2.24) is 24.7 Å². The molecular weight excluding hydrogens is 336 g/mol. The summed E-state index contributed by atoms with van der Waals surface area (Å²) in [4.78, 5) is 24.0. The lowest BCUT2D eigenvalue weighted by Gasteiger charge is -2.19. The minimum absolute atomic E-state index is 0.350. The van der Waals surface area contributed by atoms with Crippen LogP contribution in [0, 0.1) is 0 Å². The van der Waals surface area contributed by atoms with Crippen molar-refractivity contribution in [2.45, 2.75) is 26.4 Å². The monoisotopic (exact) mass is 354 g/mol. The van der Waals surface area contributed by atoms with Gasteiger partial charge in [-0.25, -0.2) is 14.8 Å². The van der Waals surface area contributed by atoms with Gasteiger partial charge in [-0.1, -0.05) is 0 Å². The number of rotatable bonds is 4. The number of benzene rings is 1. The fourth-order valence-electron chi connectivity index (χ4n) is 1.96. The Morgan fingerprint density at radius 3 is 2.58 bits per heavy atom. The molecule has 2 aromatic heterocycles. The van der Waals surface area contributed by atoms with E-state index in [1.165, 1.54) is 17.3 Å². The number of carbonyl (C=O) groups is 1. The first-order valence-electron chi connectivity index (χ1n) is 7.85. The molecule has 0 unspecified atom stereocenters. The molecule has 3 rings (SSSR count). The van der Waals surface area contributed by atoms with Crippen molar-refractivity contribution in [1.29, 1.82) is 0 Å². The van der Waals surface area contributed by atoms with E-state index in [0.717, 1.165) is 0 Å². The van der Waals surface area contributed by atoms with Gasteiger partial charge in [0.05, 0.1) is 0 Å². The van der Waals surface area contributed by atoms with E-state index < -0.39 is 11.7 Å². The van der Waals surface area contributed by atoms with Crippen molar-refractivity contribution in [3.05, 3.63) is 49.2 Å². The van der Waals surface area contributed by atoms with Gasteiger partial charge in [-0.15, -0.1) is 0 Å². The van der Waals surface area contributed by atoms with Gasteiger partial charge in [-0.2, -0.15) is 14.8 Å². The highest BCUT2D eigenvalue weighted by Crippen LogP contribution is 2.22. The van der Waals surface area contributed by atoms with Crippen LogP contribution in [0.4, 0.5) is 10.5 Å². The van der Waals surface area contributed by atoms with Crippen LogP contribution in [-0.4, -0.2) is 36.4 Å². The second kappa shape index (κ2) is 7.18. The molecule has 1 aromatic carbocycles. The topological polar surface area (TPSA) is 104 Å². The molecular formula is C17H18N6O3. The summed E-state index contributed by atoms with van der Waals surface area (Å²) >= 11 is 0. The summed E-state index contributed by atoms with van der Waals surface area (Å²) in [6, 6.07) is 8.47. The van der Waals surface area contributed by atoms with E-state index in [1.807, 2.05) is 0 Å². The highest BCUT2D eigenvalue weighted by atomic mass is 16.6. The van der Waals surface area contributed by atoms with Crippen LogP contribution in [0.15, 0.2) is 49.2 Å². The van der Waals surface area contributed by atoms with Gasteiger partial charge in [-0.3, -0.25) is 5.32 Å². The second-order valence-electron chi connectivity index (χ2n) is 6.29. The third kappa shape index (κ3) is 4.76. The van der Waals surface area contributed by atoms with Crippen LogP contribution in [0.3, 0.4) is 0 Å². The Morgan fingerprint density at radius 2 is 1.92 bits per heavy atom. The van der Waals surface area contributed by atoms with Crippen molar-refractivity contribution in [2.24, 2.45) is 0 Å². The van der Waals surface area contributed by atoms with Gasteiger partial charge in [0.25, 0.3) is 5.95 Å². The van der Waals surface area contributed by atoms with E-state index in [-0.39, 0.29) is 0 Å². The third-order valence-corrected chi connectivity index (χ3v) is 2.96. The van der Waals surface area contributed by atoms with Crippen molar-refractivity contribution >= 4 is 11.8 Å². The number of hydrogen-bond donors (Lipinski definition) is 1. The van der Waals surface area contributed by atoms with E-state index in [1.54, 1.807) is 57.3 Å². The van der Waals surface area contributed by atoms with Gasteiger partial charge >= 0.3 is 6.09 Å². The lowest BCUT2D eigenvalue weighted by atomic mass is 10.2. The van der Waals surface area contributed by atoms with Crippen LogP contribution >= 0.6 is 0 Å². The summed E-state index contributed by atoms with van der Waals surface area (Å²) < 4.78 is 12.3. The molecule has 3 aromatic rings. The molecule has 0 radical (unpaired) electrons.